The van der Waals surface area contributed by atoms with Crippen LogP contribution in [-0.4, -0.2) is 44.8 Å². The summed E-state index contributed by atoms with van der Waals surface area (Å²) in [5, 5.41) is 4.25. The van der Waals surface area contributed by atoms with Crippen molar-refractivity contribution in [2.45, 2.75) is 20.0 Å². The molecular weight excluding hydrogens is 328 g/mol. The molecule has 0 aromatic heterocycles. The van der Waals surface area contributed by atoms with Gasteiger partial charge in [0, 0.05) is 13.1 Å². The zero-order valence-electron chi connectivity index (χ0n) is 14.6. The van der Waals surface area contributed by atoms with Gasteiger partial charge in [0.15, 0.2) is 17.6 Å². The molecule has 0 aliphatic rings. The van der Waals surface area contributed by atoms with Gasteiger partial charge in [0.1, 0.15) is 0 Å². The highest BCUT2D eigenvalue weighted by molar-refractivity contribution is 5.97. The summed E-state index contributed by atoms with van der Waals surface area (Å²) in [4.78, 5) is 34.4. The molecule has 1 aromatic carbocycles. The molecule has 2 N–H and O–H groups in total. The number of methoxy groups -OCH3 is 1. The van der Waals surface area contributed by atoms with Crippen LogP contribution in [0, 0.1) is 0 Å². The fourth-order valence-corrected chi connectivity index (χ4v) is 1.77. The molecule has 0 aliphatic heterocycles. The van der Waals surface area contributed by atoms with Crippen LogP contribution < -0.4 is 20.1 Å². The van der Waals surface area contributed by atoms with E-state index in [1.165, 1.54) is 33.2 Å². The fourth-order valence-electron chi connectivity index (χ4n) is 1.77. The summed E-state index contributed by atoms with van der Waals surface area (Å²) in [6.45, 7) is 3.69. The van der Waals surface area contributed by atoms with Crippen molar-refractivity contribution < 1.29 is 28.6 Å². The molecular formula is C17H22N2O6. The maximum absolute atomic E-state index is 11.8. The first-order valence-electron chi connectivity index (χ1n) is 7.63. The average Bonchev–Trinajstić information content (AvgIpc) is 2.60. The second-order valence-corrected chi connectivity index (χ2v) is 4.82. The van der Waals surface area contributed by atoms with E-state index in [0.29, 0.717) is 23.7 Å². The molecule has 25 heavy (non-hydrogen) atoms. The van der Waals surface area contributed by atoms with E-state index >= 15 is 0 Å². The van der Waals surface area contributed by atoms with Crippen LogP contribution in [0.1, 0.15) is 19.4 Å². The molecule has 0 unspecified atom stereocenters. The Kier molecular flexibility index (Phi) is 7.98. The number of hydrogen-bond acceptors (Lipinski definition) is 6. The van der Waals surface area contributed by atoms with Crippen molar-refractivity contribution in [1.29, 1.82) is 0 Å². The van der Waals surface area contributed by atoms with Gasteiger partial charge in [-0.3, -0.25) is 10.1 Å². The van der Waals surface area contributed by atoms with Crippen LogP contribution in [0.25, 0.3) is 6.08 Å². The third-order valence-corrected chi connectivity index (χ3v) is 3.03. The van der Waals surface area contributed by atoms with Crippen LogP contribution in [0.15, 0.2) is 24.3 Å². The van der Waals surface area contributed by atoms with E-state index < -0.39 is 24.0 Å². The highest BCUT2D eigenvalue weighted by Crippen LogP contribution is 2.28. The monoisotopic (exact) mass is 350 g/mol. The number of carbonyl (C=O) groups is 3. The number of ether oxygens (including phenoxy) is 3. The molecule has 0 spiro atoms. The predicted octanol–water partition coefficient (Wildman–Crippen LogP) is 1.49. The van der Waals surface area contributed by atoms with E-state index in [0.717, 1.165) is 0 Å². The number of hydrogen-bond donors (Lipinski definition) is 2. The van der Waals surface area contributed by atoms with Crippen LogP contribution in [0.5, 0.6) is 11.5 Å². The molecule has 3 amide bonds. The Bertz CT molecular complexity index is 657. The minimum atomic E-state index is -1.11. The van der Waals surface area contributed by atoms with Crippen molar-refractivity contribution >= 4 is 24.0 Å². The first kappa shape index (κ1) is 20.0. The molecule has 8 heteroatoms. The smallest absolute Gasteiger partial charge is 0.331 e. The largest absolute Gasteiger partial charge is 0.493 e. The third-order valence-electron chi connectivity index (χ3n) is 3.03. The Hall–Kier alpha value is -3.03. The number of imide groups is 1. The molecule has 136 valence electrons. The highest BCUT2D eigenvalue weighted by Gasteiger charge is 2.18. The topological polar surface area (TPSA) is 103 Å². The summed E-state index contributed by atoms with van der Waals surface area (Å²) in [6.07, 6.45) is 1.60. The molecule has 0 radical (unpaired) electrons. The Morgan fingerprint density at radius 3 is 2.56 bits per heavy atom. The summed E-state index contributed by atoms with van der Waals surface area (Å²) in [6, 6.07) is 4.50. The zero-order chi connectivity index (χ0) is 18.8. The van der Waals surface area contributed by atoms with Crippen molar-refractivity contribution in [3.05, 3.63) is 29.8 Å². The van der Waals surface area contributed by atoms with E-state index in [1.807, 2.05) is 12.2 Å². The standard InChI is InChI=1S/C17H22N2O6/c1-5-24-14-10-12(6-8-13(14)23-4)7-9-15(20)25-11(2)16(21)19-17(22)18-3/h6-11H,5H2,1-4H3,(H2,18,19,21,22)/b9-7+/t11-/m1/s1. The lowest BCUT2D eigenvalue weighted by atomic mass is 10.2. The van der Waals surface area contributed by atoms with Crippen molar-refractivity contribution in [3.63, 3.8) is 0 Å². The van der Waals surface area contributed by atoms with Crippen molar-refractivity contribution in [3.8, 4) is 11.5 Å². The Morgan fingerprint density at radius 2 is 1.96 bits per heavy atom. The van der Waals surface area contributed by atoms with Gasteiger partial charge in [-0.1, -0.05) is 6.07 Å². The van der Waals surface area contributed by atoms with E-state index in [1.54, 1.807) is 18.2 Å². The lowest BCUT2D eigenvalue weighted by Gasteiger charge is -2.11. The molecule has 1 rings (SSSR count). The van der Waals surface area contributed by atoms with Crippen molar-refractivity contribution in [1.82, 2.24) is 10.6 Å². The Morgan fingerprint density at radius 1 is 1.24 bits per heavy atom. The average molecular weight is 350 g/mol. The number of amides is 3. The molecule has 1 atom stereocenters. The maximum atomic E-state index is 11.8. The number of nitrogens with one attached hydrogen (secondary N) is 2. The molecule has 8 nitrogen and oxygen atoms in total. The van der Waals surface area contributed by atoms with Crippen LogP contribution in [0.3, 0.4) is 0 Å². The molecule has 1 aromatic rings. The summed E-state index contributed by atoms with van der Waals surface area (Å²) < 4.78 is 15.6. The minimum absolute atomic E-state index is 0.476. The van der Waals surface area contributed by atoms with Gasteiger partial charge in [-0.2, -0.15) is 0 Å². The number of rotatable bonds is 7. The SMILES string of the molecule is CCOc1cc(/C=C/C(=O)O[C@H](C)C(=O)NC(=O)NC)ccc1OC. The van der Waals surface area contributed by atoms with Crippen LogP contribution in [0.4, 0.5) is 4.79 Å². The summed E-state index contributed by atoms with van der Waals surface area (Å²) >= 11 is 0. The second kappa shape index (κ2) is 9.96. The molecule has 0 fully saturated rings. The van der Waals surface area contributed by atoms with Gasteiger partial charge in [0.05, 0.1) is 13.7 Å². The predicted molar refractivity (Wildman–Crippen MR) is 91.3 cm³/mol. The van der Waals surface area contributed by atoms with E-state index in [-0.39, 0.29) is 0 Å². The molecule has 0 saturated carbocycles. The summed E-state index contributed by atoms with van der Waals surface area (Å²) in [5.41, 5.74) is 0.698. The van der Waals surface area contributed by atoms with Crippen LogP contribution in [0.2, 0.25) is 0 Å². The molecule has 0 aliphatic carbocycles. The van der Waals surface area contributed by atoms with Crippen LogP contribution >= 0.6 is 0 Å². The number of urea groups is 1. The van der Waals surface area contributed by atoms with Crippen molar-refractivity contribution in [2.75, 3.05) is 20.8 Å². The first-order chi connectivity index (χ1) is 11.9. The molecule has 0 saturated heterocycles. The summed E-state index contributed by atoms with van der Waals surface area (Å²) in [5.74, 6) is -0.294. The second-order valence-electron chi connectivity index (χ2n) is 4.82. The quantitative estimate of drug-likeness (QED) is 0.570. The fraction of sp³-hybridized carbons (Fsp3) is 0.353. The van der Waals surface area contributed by atoms with E-state index in [4.69, 9.17) is 14.2 Å². The lowest BCUT2D eigenvalue weighted by molar-refractivity contribution is -0.149. The number of benzene rings is 1. The van der Waals surface area contributed by atoms with Gasteiger partial charge in [-0.25, -0.2) is 9.59 Å². The van der Waals surface area contributed by atoms with Gasteiger partial charge in [0.2, 0.25) is 0 Å². The van der Waals surface area contributed by atoms with Gasteiger partial charge >= 0.3 is 12.0 Å². The zero-order valence-corrected chi connectivity index (χ0v) is 14.6. The number of esters is 1. The molecule has 0 bridgehead atoms. The first-order valence-corrected chi connectivity index (χ1v) is 7.63. The maximum Gasteiger partial charge on any atom is 0.331 e. The van der Waals surface area contributed by atoms with Gasteiger partial charge in [0.25, 0.3) is 5.91 Å². The van der Waals surface area contributed by atoms with Gasteiger partial charge < -0.3 is 19.5 Å². The van der Waals surface area contributed by atoms with Crippen LogP contribution in [-0.2, 0) is 14.3 Å². The van der Waals surface area contributed by atoms with Crippen molar-refractivity contribution in [2.24, 2.45) is 0 Å². The Labute approximate surface area is 146 Å². The van der Waals surface area contributed by atoms with Gasteiger partial charge in [-0.15, -0.1) is 0 Å². The minimum Gasteiger partial charge on any atom is -0.493 e. The summed E-state index contributed by atoms with van der Waals surface area (Å²) in [7, 11) is 2.91. The van der Waals surface area contributed by atoms with Gasteiger partial charge in [-0.05, 0) is 37.6 Å². The Balaban J connectivity index is 2.68. The third kappa shape index (κ3) is 6.54. The number of carbonyl (C=O) groups excluding carboxylic acids is 3. The highest BCUT2D eigenvalue weighted by atomic mass is 16.5. The lowest BCUT2D eigenvalue weighted by Crippen LogP contribution is -2.43. The van der Waals surface area contributed by atoms with E-state index in [9.17, 15) is 14.4 Å². The van der Waals surface area contributed by atoms with E-state index in [2.05, 4.69) is 5.32 Å². The normalized spacial score (nSPS) is 11.5. The molecule has 0 heterocycles.